The average Bonchev–Trinajstić information content (AvgIpc) is 3.17. The SMILES string of the molecule is CC(C)n1cnc([C@@H]2CN(C(=O)c3cccs3)C[C@]23CCCN(CC2CC2)C3=O)c1. The van der Waals surface area contributed by atoms with E-state index in [1.807, 2.05) is 28.7 Å². The molecule has 0 aromatic carbocycles. The minimum absolute atomic E-state index is 0.0438. The second-order valence-electron chi connectivity index (χ2n) is 9.51. The highest BCUT2D eigenvalue weighted by Gasteiger charge is 2.57. The van der Waals surface area contributed by atoms with Crippen molar-refractivity contribution in [2.24, 2.45) is 11.3 Å². The van der Waals surface area contributed by atoms with E-state index in [1.165, 1.54) is 24.2 Å². The lowest BCUT2D eigenvalue weighted by Gasteiger charge is -2.42. The zero-order valence-corrected chi connectivity index (χ0v) is 18.6. The summed E-state index contributed by atoms with van der Waals surface area (Å²) in [4.78, 5) is 36.5. The van der Waals surface area contributed by atoms with Crippen molar-refractivity contribution < 1.29 is 9.59 Å². The fourth-order valence-electron chi connectivity index (χ4n) is 5.18. The quantitative estimate of drug-likeness (QED) is 0.731. The number of carbonyl (C=O) groups excluding carboxylic acids is 2. The van der Waals surface area contributed by atoms with Gasteiger partial charge in [0.25, 0.3) is 5.91 Å². The molecule has 2 aromatic rings. The van der Waals surface area contributed by atoms with Crippen molar-refractivity contribution in [3.05, 3.63) is 40.6 Å². The van der Waals surface area contributed by atoms with Gasteiger partial charge in [-0.15, -0.1) is 11.3 Å². The number of likely N-dealkylation sites (tertiary alicyclic amines) is 2. The average molecular weight is 427 g/mol. The maximum atomic E-state index is 13.8. The van der Waals surface area contributed by atoms with Crippen LogP contribution in [0, 0.1) is 11.3 Å². The van der Waals surface area contributed by atoms with E-state index in [0.29, 0.717) is 25.0 Å². The molecule has 1 aliphatic carbocycles. The first-order valence-electron chi connectivity index (χ1n) is 11.1. The second kappa shape index (κ2) is 7.52. The van der Waals surface area contributed by atoms with Crippen molar-refractivity contribution in [1.29, 1.82) is 0 Å². The normalized spacial score (nSPS) is 26.9. The molecule has 2 aromatic heterocycles. The van der Waals surface area contributed by atoms with E-state index in [2.05, 4.69) is 29.5 Å². The molecule has 1 saturated carbocycles. The van der Waals surface area contributed by atoms with Crippen molar-refractivity contribution in [3.8, 4) is 0 Å². The van der Waals surface area contributed by atoms with Gasteiger partial charge in [0.2, 0.25) is 5.91 Å². The number of aromatic nitrogens is 2. The Morgan fingerprint density at radius 3 is 2.87 bits per heavy atom. The van der Waals surface area contributed by atoms with Gasteiger partial charge in [-0.3, -0.25) is 9.59 Å². The van der Waals surface area contributed by atoms with Crippen LogP contribution in [0.3, 0.4) is 0 Å². The molecular weight excluding hydrogens is 396 g/mol. The predicted octanol–water partition coefficient (Wildman–Crippen LogP) is 3.78. The summed E-state index contributed by atoms with van der Waals surface area (Å²) >= 11 is 1.47. The van der Waals surface area contributed by atoms with Gasteiger partial charge in [-0.2, -0.15) is 0 Å². The van der Waals surface area contributed by atoms with Crippen molar-refractivity contribution in [2.75, 3.05) is 26.2 Å². The third-order valence-electron chi connectivity index (χ3n) is 7.08. The van der Waals surface area contributed by atoms with Crippen LogP contribution in [0.1, 0.15) is 66.9 Å². The molecule has 0 radical (unpaired) electrons. The van der Waals surface area contributed by atoms with Gasteiger partial charge >= 0.3 is 0 Å². The first kappa shape index (κ1) is 19.8. The Hall–Kier alpha value is -2.15. The fraction of sp³-hybridized carbons (Fsp3) is 0.609. The maximum absolute atomic E-state index is 13.8. The van der Waals surface area contributed by atoms with Gasteiger partial charge in [0, 0.05) is 44.3 Å². The predicted molar refractivity (Wildman–Crippen MR) is 117 cm³/mol. The van der Waals surface area contributed by atoms with Crippen LogP contribution in [0.5, 0.6) is 0 Å². The summed E-state index contributed by atoms with van der Waals surface area (Å²) < 4.78 is 2.10. The lowest BCUT2D eigenvalue weighted by atomic mass is 9.70. The Balaban J connectivity index is 1.49. The Morgan fingerprint density at radius 2 is 2.20 bits per heavy atom. The van der Waals surface area contributed by atoms with Crippen LogP contribution in [-0.2, 0) is 4.79 Å². The van der Waals surface area contributed by atoms with E-state index in [1.54, 1.807) is 0 Å². The number of thiophene rings is 1. The van der Waals surface area contributed by atoms with E-state index < -0.39 is 5.41 Å². The number of piperidine rings is 1. The highest BCUT2D eigenvalue weighted by Crippen LogP contribution is 2.50. The molecule has 30 heavy (non-hydrogen) atoms. The molecule has 3 fully saturated rings. The lowest BCUT2D eigenvalue weighted by molar-refractivity contribution is -0.146. The van der Waals surface area contributed by atoms with Crippen molar-refractivity contribution in [3.63, 3.8) is 0 Å². The molecule has 0 unspecified atom stereocenters. The molecule has 7 heteroatoms. The smallest absolute Gasteiger partial charge is 0.263 e. The van der Waals surface area contributed by atoms with E-state index >= 15 is 0 Å². The summed E-state index contributed by atoms with van der Waals surface area (Å²) in [6.45, 7) is 7.06. The van der Waals surface area contributed by atoms with Crippen LogP contribution in [0.2, 0.25) is 0 Å². The van der Waals surface area contributed by atoms with Crippen molar-refractivity contribution in [2.45, 2.75) is 51.5 Å². The van der Waals surface area contributed by atoms with E-state index in [0.717, 1.165) is 36.5 Å². The van der Waals surface area contributed by atoms with Crippen LogP contribution < -0.4 is 0 Å². The molecule has 6 nitrogen and oxygen atoms in total. The summed E-state index contributed by atoms with van der Waals surface area (Å²) in [5.41, 5.74) is 0.405. The zero-order chi connectivity index (χ0) is 20.9. The van der Waals surface area contributed by atoms with E-state index in [4.69, 9.17) is 4.98 Å². The summed E-state index contributed by atoms with van der Waals surface area (Å²) in [6.07, 6.45) is 8.27. The molecule has 3 aliphatic rings. The van der Waals surface area contributed by atoms with Gasteiger partial charge in [0.1, 0.15) is 0 Å². The molecule has 0 bridgehead atoms. The number of amides is 2. The van der Waals surface area contributed by atoms with Crippen LogP contribution in [-0.4, -0.2) is 57.3 Å². The lowest BCUT2D eigenvalue weighted by Crippen LogP contribution is -2.52. The number of hydrogen-bond donors (Lipinski definition) is 0. The standard InChI is InChI=1S/C23H30N4O2S/c1-16(2)27-13-19(24-15-27)18-12-26(21(28)20-5-3-10-30-20)14-23(18)8-4-9-25(22(23)29)11-17-6-7-17/h3,5,10,13,15-18H,4,6-9,11-12,14H2,1-2H3/t18-,23+/m0/s1. The number of rotatable bonds is 5. The first-order valence-corrected chi connectivity index (χ1v) is 12.0. The molecule has 1 spiro atoms. The molecule has 2 atom stereocenters. The topological polar surface area (TPSA) is 58.4 Å². The van der Waals surface area contributed by atoms with Gasteiger partial charge in [-0.25, -0.2) is 4.98 Å². The Bertz CT molecular complexity index is 933. The van der Waals surface area contributed by atoms with Gasteiger partial charge < -0.3 is 14.4 Å². The van der Waals surface area contributed by atoms with E-state index in [9.17, 15) is 9.59 Å². The first-order chi connectivity index (χ1) is 14.5. The number of imidazole rings is 1. The minimum atomic E-state index is -0.545. The summed E-state index contributed by atoms with van der Waals surface area (Å²) in [6, 6.07) is 4.11. The molecule has 2 aliphatic heterocycles. The van der Waals surface area contributed by atoms with E-state index in [-0.39, 0.29) is 17.7 Å². The number of hydrogen-bond acceptors (Lipinski definition) is 4. The fourth-order valence-corrected chi connectivity index (χ4v) is 5.87. The second-order valence-corrected chi connectivity index (χ2v) is 10.5. The molecular formula is C23H30N4O2S. The van der Waals surface area contributed by atoms with Crippen LogP contribution in [0.15, 0.2) is 30.0 Å². The van der Waals surface area contributed by atoms with Crippen molar-refractivity contribution in [1.82, 2.24) is 19.4 Å². The minimum Gasteiger partial charge on any atom is -0.342 e. The van der Waals surface area contributed by atoms with Gasteiger partial charge in [0.05, 0.1) is 22.3 Å². The highest BCUT2D eigenvalue weighted by molar-refractivity contribution is 7.12. The van der Waals surface area contributed by atoms with Crippen LogP contribution in [0.25, 0.3) is 0 Å². The summed E-state index contributed by atoms with van der Waals surface area (Å²) in [7, 11) is 0. The van der Waals surface area contributed by atoms with Crippen LogP contribution in [0.4, 0.5) is 0 Å². The Labute approximate surface area is 181 Å². The van der Waals surface area contributed by atoms with Gasteiger partial charge in [0.15, 0.2) is 0 Å². The monoisotopic (exact) mass is 426 g/mol. The molecule has 0 N–H and O–H groups in total. The number of nitrogens with zero attached hydrogens (tertiary/aromatic N) is 4. The third kappa shape index (κ3) is 3.37. The third-order valence-corrected chi connectivity index (χ3v) is 7.93. The largest absolute Gasteiger partial charge is 0.342 e. The highest BCUT2D eigenvalue weighted by atomic mass is 32.1. The molecule has 2 amide bonds. The number of carbonyl (C=O) groups is 2. The van der Waals surface area contributed by atoms with Gasteiger partial charge in [-0.05, 0) is 56.9 Å². The van der Waals surface area contributed by atoms with Crippen molar-refractivity contribution >= 4 is 23.2 Å². The van der Waals surface area contributed by atoms with Crippen LogP contribution >= 0.6 is 11.3 Å². The Kier molecular flexibility index (Phi) is 4.96. The van der Waals surface area contributed by atoms with Gasteiger partial charge in [-0.1, -0.05) is 6.07 Å². The molecule has 160 valence electrons. The molecule has 2 saturated heterocycles. The zero-order valence-electron chi connectivity index (χ0n) is 17.8. The summed E-state index contributed by atoms with van der Waals surface area (Å²) in [5, 5.41) is 1.93. The molecule has 5 rings (SSSR count). The summed E-state index contributed by atoms with van der Waals surface area (Å²) in [5.74, 6) is 0.914. The molecule has 4 heterocycles. The maximum Gasteiger partial charge on any atom is 0.263 e. The Morgan fingerprint density at radius 1 is 1.37 bits per heavy atom.